The van der Waals surface area contributed by atoms with E-state index in [2.05, 4.69) is 34.5 Å². The van der Waals surface area contributed by atoms with Crippen LogP contribution in [0.4, 0.5) is 0 Å². The Bertz CT molecular complexity index is 346. The van der Waals surface area contributed by atoms with E-state index >= 15 is 0 Å². The van der Waals surface area contributed by atoms with E-state index in [1.165, 1.54) is 25.7 Å². The number of fused-ring (bicyclic) bond motifs is 1. The van der Waals surface area contributed by atoms with E-state index in [4.69, 9.17) is 0 Å². The minimum Gasteiger partial charge on any atom is -0.190 e. The lowest BCUT2D eigenvalue weighted by molar-refractivity contribution is -0.0918. The molecule has 2 saturated carbocycles. The molecule has 0 aromatic carbocycles. The Morgan fingerprint density at radius 3 is 1.71 bits per heavy atom. The summed E-state index contributed by atoms with van der Waals surface area (Å²) in [5.41, 5.74) is 0.763. The predicted molar refractivity (Wildman–Crippen MR) is 54.0 cm³/mol. The second kappa shape index (κ2) is 2.02. The van der Waals surface area contributed by atoms with Crippen LogP contribution in [0.15, 0.2) is 34.5 Å². The van der Waals surface area contributed by atoms with Crippen molar-refractivity contribution in [2.45, 2.75) is 37.8 Å². The summed E-state index contributed by atoms with van der Waals surface area (Å²) in [5.74, 6) is 0. The number of rotatable bonds is 0. The van der Waals surface area contributed by atoms with Crippen molar-refractivity contribution in [3.05, 3.63) is 24.3 Å². The third-order valence-corrected chi connectivity index (χ3v) is 4.97. The van der Waals surface area contributed by atoms with Crippen LogP contribution in [0.5, 0.6) is 0 Å². The number of nitrogens with zero attached hydrogens (tertiary/aromatic N) is 2. The van der Waals surface area contributed by atoms with Gasteiger partial charge in [-0.2, -0.15) is 10.2 Å². The van der Waals surface area contributed by atoms with Crippen molar-refractivity contribution in [3.8, 4) is 0 Å². The fraction of sp³-hybridized carbons (Fsp3) is 0.667. The SMILES string of the molecule is C1=CC23CC[C@@]2(C=C1)[C@H]1CCC3N=N1. The molecule has 0 N–H and O–H groups in total. The van der Waals surface area contributed by atoms with Crippen molar-refractivity contribution in [1.82, 2.24) is 0 Å². The smallest absolute Gasteiger partial charge is 0.0808 e. The molecule has 2 aliphatic heterocycles. The van der Waals surface area contributed by atoms with Crippen LogP contribution in [0.3, 0.4) is 0 Å². The second-order valence-corrected chi connectivity index (χ2v) is 5.14. The van der Waals surface area contributed by atoms with Gasteiger partial charge in [-0.1, -0.05) is 24.3 Å². The van der Waals surface area contributed by atoms with Crippen molar-refractivity contribution in [2.24, 2.45) is 21.1 Å². The van der Waals surface area contributed by atoms with Crippen LogP contribution in [0.2, 0.25) is 0 Å². The van der Waals surface area contributed by atoms with Crippen molar-refractivity contribution in [2.75, 3.05) is 0 Å². The molecule has 0 saturated heterocycles. The largest absolute Gasteiger partial charge is 0.190 e. The van der Waals surface area contributed by atoms with Gasteiger partial charge in [-0.3, -0.25) is 0 Å². The van der Waals surface area contributed by atoms with Crippen LogP contribution in [0, 0.1) is 10.8 Å². The molecule has 2 fully saturated rings. The Hall–Kier alpha value is -0.920. The molecule has 0 radical (unpaired) electrons. The van der Waals surface area contributed by atoms with Crippen molar-refractivity contribution in [1.29, 1.82) is 0 Å². The van der Waals surface area contributed by atoms with Crippen LogP contribution >= 0.6 is 0 Å². The van der Waals surface area contributed by atoms with E-state index in [1.807, 2.05) is 0 Å². The lowest BCUT2D eigenvalue weighted by Crippen LogP contribution is -2.65. The third kappa shape index (κ3) is 0.530. The van der Waals surface area contributed by atoms with E-state index in [-0.39, 0.29) is 0 Å². The molecule has 2 heterocycles. The van der Waals surface area contributed by atoms with Crippen molar-refractivity contribution < 1.29 is 0 Å². The summed E-state index contributed by atoms with van der Waals surface area (Å²) >= 11 is 0. The molecule has 3 aliphatic carbocycles. The lowest BCUT2D eigenvalue weighted by atomic mass is 9.39. The van der Waals surface area contributed by atoms with E-state index in [0.29, 0.717) is 22.9 Å². The molecule has 2 heteroatoms. The Balaban J connectivity index is 1.97. The standard InChI is InChI=1S/C12H14N2/c1-2-6-12-8-7-11(12,5-1)9-3-4-10(12)14-13-9/h1-2,5-6,9-10H,3-4,7-8H2/t9-,10?,11+,12?/m1/s1. The minimum atomic E-state index is 0.381. The Kier molecular flexibility index (Phi) is 1.07. The molecular formula is C12H14N2. The highest BCUT2D eigenvalue weighted by Crippen LogP contribution is 2.70. The quantitative estimate of drug-likeness (QED) is 0.555. The van der Waals surface area contributed by atoms with Gasteiger partial charge >= 0.3 is 0 Å². The first kappa shape index (κ1) is 7.38. The Morgan fingerprint density at radius 1 is 0.857 bits per heavy atom. The Labute approximate surface area is 83.8 Å². The summed E-state index contributed by atoms with van der Waals surface area (Å²) in [4.78, 5) is 0. The van der Waals surface area contributed by atoms with Crippen LogP contribution in [0.25, 0.3) is 0 Å². The molecule has 72 valence electrons. The van der Waals surface area contributed by atoms with E-state index < -0.39 is 0 Å². The molecule has 14 heavy (non-hydrogen) atoms. The summed E-state index contributed by atoms with van der Waals surface area (Å²) in [5, 5.41) is 8.98. The van der Waals surface area contributed by atoms with Crippen molar-refractivity contribution >= 4 is 0 Å². The molecular weight excluding hydrogens is 172 g/mol. The average molecular weight is 186 g/mol. The summed E-state index contributed by atoms with van der Waals surface area (Å²) in [7, 11) is 0. The molecule has 0 amide bonds. The third-order valence-electron chi connectivity index (χ3n) is 4.97. The fourth-order valence-electron chi connectivity index (χ4n) is 4.12. The predicted octanol–water partition coefficient (Wildman–Crippen LogP) is 2.88. The van der Waals surface area contributed by atoms with Gasteiger partial charge in [0.15, 0.2) is 0 Å². The summed E-state index contributed by atoms with van der Waals surface area (Å²) in [6, 6.07) is 0.977. The van der Waals surface area contributed by atoms with Crippen molar-refractivity contribution in [3.63, 3.8) is 0 Å². The van der Waals surface area contributed by atoms with Gasteiger partial charge in [0, 0.05) is 10.8 Å². The molecule has 5 rings (SSSR count). The summed E-state index contributed by atoms with van der Waals surface area (Å²) < 4.78 is 0. The van der Waals surface area contributed by atoms with Gasteiger partial charge in [-0.05, 0) is 25.7 Å². The maximum atomic E-state index is 4.49. The zero-order valence-electron chi connectivity index (χ0n) is 8.19. The minimum absolute atomic E-state index is 0.381. The maximum absolute atomic E-state index is 4.49. The topological polar surface area (TPSA) is 24.7 Å². The zero-order chi connectivity index (χ0) is 9.23. The van der Waals surface area contributed by atoms with Crippen LogP contribution < -0.4 is 0 Å². The first-order chi connectivity index (χ1) is 6.87. The lowest BCUT2D eigenvalue weighted by Gasteiger charge is -2.66. The van der Waals surface area contributed by atoms with Gasteiger partial charge in [-0.25, -0.2) is 0 Å². The summed E-state index contributed by atoms with van der Waals surface area (Å²) in [6.07, 6.45) is 14.4. The molecule has 4 atom stereocenters. The molecule has 0 aromatic heterocycles. The van der Waals surface area contributed by atoms with Gasteiger partial charge < -0.3 is 0 Å². The average Bonchev–Trinajstić information content (AvgIpc) is 2.22. The molecule has 0 spiro atoms. The highest BCUT2D eigenvalue weighted by Gasteiger charge is 2.68. The zero-order valence-corrected chi connectivity index (χ0v) is 8.19. The van der Waals surface area contributed by atoms with Crippen LogP contribution in [0.1, 0.15) is 25.7 Å². The maximum Gasteiger partial charge on any atom is 0.0808 e. The normalized spacial score (nSPS) is 56.6. The van der Waals surface area contributed by atoms with E-state index in [1.54, 1.807) is 0 Å². The summed E-state index contributed by atoms with van der Waals surface area (Å²) in [6.45, 7) is 0. The first-order valence-electron chi connectivity index (χ1n) is 5.64. The van der Waals surface area contributed by atoms with Gasteiger partial charge in [0.05, 0.1) is 12.1 Å². The second-order valence-electron chi connectivity index (χ2n) is 5.14. The highest BCUT2D eigenvalue weighted by molar-refractivity contribution is 5.37. The molecule has 5 aliphatic rings. The highest BCUT2D eigenvalue weighted by atomic mass is 15.2. The molecule has 0 aromatic rings. The molecule has 2 unspecified atom stereocenters. The van der Waals surface area contributed by atoms with Crippen LogP contribution in [-0.4, -0.2) is 12.1 Å². The van der Waals surface area contributed by atoms with Gasteiger partial charge in [0.2, 0.25) is 0 Å². The Morgan fingerprint density at radius 2 is 1.36 bits per heavy atom. The number of azo groups is 1. The van der Waals surface area contributed by atoms with Gasteiger partial charge in [0.25, 0.3) is 0 Å². The number of hydrogen-bond donors (Lipinski definition) is 0. The number of hydrogen-bond acceptors (Lipinski definition) is 2. The van der Waals surface area contributed by atoms with E-state index in [9.17, 15) is 0 Å². The van der Waals surface area contributed by atoms with Gasteiger partial charge in [-0.15, -0.1) is 0 Å². The monoisotopic (exact) mass is 186 g/mol. The molecule has 2 bridgehead atoms. The van der Waals surface area contributed by atoms with Gasteiger partial charge in [0.1, 0.15) is 0 Å². The fourth-order valence-corrected chi connectivity index (χ4v) is 4.12. The first-order valence-corrected chi connectivity index (χ1v) is 5.64. The number of allylic oxidation sites excluding steroid dienone is 2. The van der Waals surface area contributed by atoms with E-state index in [0.717, 1.165) is 0 Å². The molecule has 2 nitrogen and oxygen atoms in total. The van der Waals surface area contributed by atoms with Crippen LogP contribution in [-0.2, 0) is 0 Å².